The lowest BCUT2D eigenvalue weighted by atomic mass is 9.89. The Bertz CT molecular complexity index is 2630. The standard InChI is InChI=1S/C43H26S/c1-2-10-29-26(9-1)23-39-30(14-7-16-32(29)39)27-19-21-35-33-11-3-4-12-34(33)36-22-20-28(25-41(36)40(35)24-27)31-15-8-17-38-37-13-5-6-18-42(37)44-43(31)38/h1-22,24-25H,23H2. The van der Waals surface area contributed by atoms with Gasteiger partial charge in [0.1, 0.15) is 0 Å². The number of thiophene rings is 1. The molecule has 0 aliphatic heterocycles. The molecule has 9 aromatic rings. The highest BCUT2D eigenvalue weighted by molar-refractivity contribution is 7.26. The normalized spacial score (nSPS) is 12.5. The van der Waals surface area contributed by atoms with Crippen molar-refractivity contribution in [3.8, 4) is 33.4 Å². The summed E-state index contributed by atoms with van der Waals surface area (Å²) in [6.07, 6.45) is 0.988. The molecule has 1 aliphatic carbocycles. The number of fused-ring (bicyclic) bond motifs is 12. The van der Waals surface area contributed by atoms with E-state index in [9.17, 15) is 0 Å². The maximum Gasteiger partial charge on any atom is 0.0433 e. The van der Waals surface area contributed by atoms with Crippen molar-refractivity contribution < 1.29 is 0 Å². The molecule has 1 aliphatic rings. The summed E-state index contributed by atoms with van der Waals surface area (Å²) in [6.45, 7) is 0. The fourth-order valence-electron chi connectivity index (χ4n) is 7.69. The summed E-state index contributed by atoms with van der Waals surface area (Å²) in [6, 6.07) is 54.4. The van der Waals surface area contributed by atoms with Gasteiger partial charge in [0.2, 0.25) is 0 Å². The summed E-state index contributed by atoms with van der Waals surface area (Å²) in [5.74, 6) is 0. The number of rotatable bonds is 2. The molecule has 0 saturated carbocycles. The summed E-state index contributed by atoms with van der Waals surface area (Å²) in [5, 5.41) is 10.5. The Kier molecular flexibility index (Phi) is 5.03. The number of hydrogen-bond acceptors (Lipinski definition) is 1. The van der Waals surface area contributed by atoms with Gasteiger partial charge in [0.05, 0.1) is 0 Å². The minimum Gasteiger partial charge on any atom is -0.135 e. The molecular formula is C43H26S. The molecule has 0 saturated heterocycles. The van der Waals surface area contributed by atoms with Crippen LogP contribution in [0.4, 0.5) is 0 Å². The van der Waals surface area contributed by atoms with E-state index in [-0.39, 0.29) is 0 Å². The Morgan fingerprint density at radius 1 is 0.364 bits per heavy atom. The summed E-state index contributed by atoms with van der Waals surface area (Å²) in [4.78, 5) is 0. The van der Waals surface area contributed by atoms with Crippen molar-refractivity contribution in [2.24, 2.45) is 0 Å². The monoisotopic (exact) mass is 574 g/mol. The molecule has 0 N–H and O–H groups in total. The molecule has 1 heterocycles. The van der Waals surface area contributed by atoms with E-state index in [1.807, 2.05) is 11.3 Å². The Morgan fingerprint density at radius 3 is 1.70 bits per heavy atom. The predicted molar refractivity (Wildman–Crippen MR) is 191 cm³/mol. The largest absolute Gasteiger partial charge is 0.135 e. The van der Waals surface area contributed by atoms with Gasteiger partial charge in [-0.15, -0.1) is 11.3 Å². The van der Waals surface area contributed by atoms with E-state index in [1.54, 1.807) is 0 Å². The van der Waals surface area contributed by atoms with Crippen LogP contribution >= 0.6 is 11.3 Å². The van der Waals surface area contributed by atoms with Crippen molar-refractivity contribution in [1.29, 1.82) is 0 Å². The first-order valence-electron chi connectivity index (χ1n) is 15.3. The molecule has 44 heavy (non-hydrogen) atoms. The fraction of sp³-hybridized carbons (Fsp3) is 0.0233. The van der Waals surface area contributed by atoms with Gasteiger partial charge in [0.25, 0.3) is 0 Å². The van der Waals surface area contributed by atoms with Crippen molar-refractivity contribution in [1.82, 2.24) is 0 Å². The quantitative estimate of drug-likeness (QED) is 0.180. The molecule has 0 fully saturated rings. The lowest BCUT2D eigenvalue weighted by Crippen LogP contribution is -1.90. The van der Waals surface area contributed by atoms with Crippen molar-refractivity contribution in [2.45, 2.75) is 6.42 Å². The second-order valence-electron chi connectivity index (χ2n) is 12.0. The van der Waals surface area contributed by atoms with E-state index >= 15 is 0 Å². The summed E-state index contributed by atoms with van der Waals surface area (Å²) in [5.41, 5.74) is 10.8. The average molecular weight is 575 g/mol. The fourth-order valence-corrected chi connectivity index (χ4v) is 8.93. The second-order valence-corrected chi connectivity index (χ2v) is 13.1. The van der Waals surface area contributed by atoms with Gasteiger partial charge in [-0.25, -0.2) is 0 Å². The molecule has 0 atom stereocenters. The van der Waals surface area contributed by atoms with Crippen LogP contribution in [0.25, 0.3) is 85.9 Å². The molecule has 0 radical (unpaired) electrons. The summed E-state index contributed by atoms with van der Waals surface area (Å²) < 4.78 is 2.70. The first-order valence-corrected chi connectivity index (χ1v) is 16.1. The van der Waals surface area contributed by atoms with Crippen LogP contribution in [0, 0.1) is 0 Å². The van der Waals surface area contributed by atoms with Crippen LogP contribution in [-0.4, -0.2) is 0 Å². The summed E-state index contributed by atoms with van der Waals surface area (Å²) >= 11 is 1.90. The average Bonchev–Trinajstić information content (AvgIpc) is 3.67. The molecule has 0 nitrogen and oxygen atoms in total. The zero-order valence-electron chi connectivity index (χ0n) is 24.0. The van der Waals surface area contributed by atoms with E-state index in [0.29, 0.717) is 0 Å². The number of hydrogen-bond donors (Lipinski definition) is 0. The molecule has 1 aromatic heterocycles. The van der Waals surface area contributed by atoms with Crippen LogP contribution in [-0.2, 0) is 6.42 Å². The molecule has 10 rings (SSSR count). The Morgan fingerprint density at radius 2 is 0.909 bits per heavy atom. The van der Waals surface area contributed by atoms with Crippen LogP contribution in [0.1, 0.15) is 11.1 Å². The van der Waals surface area contributed by atoms with Crippen LogP contribution in [0.15, 0.2) is 146 Å². The van der Waals surface area contributed by atoms with Crippen molar-refractivity contribution >= 4 is 63.8 Å². The van der Waals surface area contributed by atoms with Gasteiger partial charge in [0.15, 0.2) is 0 Å². The van der Waals surface area contributed by atoms with E-state index < -0.39 is 0 Å². The van der Waals surface area contributed by atoms with E-state index in [1.165, 1.54) is 97.0 Å². The maximum absolute atomic E-state index is 2.45. The van der Waals surface area contributed by atoms with Crippen molar-refractivity contribution in [3.63, 3.8) is 0 Å². The van der Waals surface area contributed by atoms with Gasteiger partial charge in [-0.1, -0.05) is 127 Å². The molecular weight excluding hydrogens is 549 g/mol. The highest BCUT2D eigenvalue weighted by Crippen LogP contribution is 2.45. The van der Waals surface area contributed by atoms with Crippen LogP contribution in [0.3, 0.4) is 0 Å². The minimum absolute atomic E-state index is 0.988. The highest BCUT2D eigenvalue weighted by atomic mass is 32.1. The van der Waals surface area contributed by atoms with E-state index in [0.717, 1.165) is 6.42 Å². The lowest BCUT2D eigenvalue weighted by Gasteiger charge is -2.15. The molecule has 8 aromatic carbocycles. The Hall–Kier alpha value is -5.24. The number of benzene rings is 8. The first-order chi connectivity index (χ1) is 21.8. The minimum atomic E-state index is 0.988. The predicted octanol–water partition coefficient (Wildman–Crippen LogP) is 12.4. The van der Waals surface area contributed by atoms with Crippen LogP contribution in [0.5, 0.6) is 0 Å². The SMILES string of the molecule is c1ccc2c(c1)Cc1c(-c3ccc4c5ccccc5c5ccc(-c6cccc7c6sc6ccccc67)cc5c4c3)cccc1-2. The highest BCUT2D eigenvalue weighted by Gasteiger charge is 2.21. The van der Waals surface area contributed by atoms with Gasteiger partial charge in [0, 0.05) is 20.2 Å². The third kappa shape index (κ3) is 3.39. The molecule has 204 valence electrons. The molecule has 0 spiro atoms. The Balaban J connectivity index is 1.25. The van der Waals surface area contributed by atoms with Gasteiger partial charge >= 0.3 is 0 Å². The molecule has 0 amide bonds. The van der Waals surface area contributed by atoms with E-state index in [2.05, 4.69) is 146 Å². The lowest BCUT2D eigenvalue weighted by molar-refractivity contribution is 1.26. The third-order valence-electron chi connectivity index (χ3n) is 9.71. The van der Waals surface area contributed by atoms with Crippen LogP contribution in [0.2, 0.25) is 0 Å². The smallest absolute Gasteiger partial charge is 0.0433 e. The molecule has 0 unspecified atom stereocenters. The zero-order chi connectivity index (χ0) is 28.8. The van der Waals surface area contributed by atoms with Gasteiger partial charge in [-0.2, -0.15) is 0 Å². The van der Waals surface area contributed by atoms with Crippen molar-refractivity contribution in [3.05, 3.63) is 157 Å². The van der Waals surface area contributed by atoms with E-state index in [4.69, 9.17) is 0 Å². The molecule has 1 heteroatoms. The topological polar surface area (TPSA) is 0 Å². The summed E-state index contributed by atoms with van der Waals surface area (Å²) in [7, 11) is 0. The second kappa shape index (κ2) is 9.13. The Labute approximate surface area is 259 Å². The zero-order valence-corrected chi connectivity index (χ0v) is 24.8. The maximum atomic E-state index is 2.45. The van der Waals surface area contributed by atoms with Crippen LogP contribution < -0.4 is 0 Å². The third-order valence-corrected chi connectivity index (χ3v) is 10.9. The van der Waals surface area contributed by atoms with Crippen molar-refractivity contribution in [2.75, 3.05) is 0 Å². The van der Waals surface area contributed by atoms with Gasteiger partial charge < -0.3 is 0 Å². The first kappa shape index (κ1) is 24.2. The molecule has 0 bridgehead atoms. The van der Waals surface area contributed by atoms with Gasteiger partial charge in [-0.05, 0) is 101 Å². The van der Waals surface area contributed by atoms with Gasteiger partial charge in [-0.3, -0.25) is 0 Å².